The van der Waals surface area contributed by atoms with Gasteiger partial charge in [-0.2, -0.15) is 0 Å². The Bertz CT molecular complexity index is 413. The molecule has 0 spiro atoms. The van der Waals surface area contributed by atoms with Crippen LogP contribution in [0.3, 0.4) is 0 Å². The van der Waals surface area contributed by atoms with E-state index < -0.39 is 11.8 Å². The van der Waals surface area contributed by atoms with Crippen LogP contribution in [0.15, 0.2) is 18.2 Å². The van der Waals surface area contributed by atoms with Crippen LogP contribution in [0, 0.1) is 5.82 Å². The van der Waals surface area contributed by atoms with Crippen molar-refractivity contribution in [1.82, 2.24) is 0 Å². The first kappa shape index (κ1) is 12.4. The molecule has 0 fully saturated rings. The van der Waals surface area contributed by atoms with Gasteiger partial charge in [0.25, 0.3) is 0 Å². The summed E-state index contributed by atoms with van der Waals surface area (Å²) in [5.74, 6) is -1.49. The molecule has 1 aromatic carbocycles. The van der Waals surface area contributed by atoms with Gasteiger partial charge < -0.3 is 4.74 Å². The SMILES string of the molecule is CCOC(=O)c1ccc(F)c(C(=O)CC)c1. The number of hydrogen-bond donors (Lipinski definition) is 0. The highest BCUT2D eigenvalue weighted by Gasteiger charge is 2.14. The van der Waals surface area contributed by atoms with E-state index in [-0.39, 0.29) is 29.9 Å². The zero-order chi connectivity index (χ0) is 12.1. The minimum absolute atomic E-state index is 0.0620. The van der Waals surface area contributed by atoms with Gasteiger partial charge in [-0.1, -0.05) is 6.92 Å². The molecule has 0 heterocycles. The molecule has 0 aliphatic carbocycles. The Hall–Kier alpha value is -1.71. The van der Waals surface area contributed by atoms with Crippen LogP contribution >= 0.6 is 0 Å². The number of hydrogen-bond acceptors (Lipinski definition) is 3. The van der Waals surface area contributed by atoms with E-state index in [1.807, 2.05) is 0 Å². The zero-order valence-electron chi connectivity index (χ0n) is 9.25. The molecule has 0 aliphatic rings. The largest absolute Gasteiger partial charge is 0.462 e. The maximum atomic E-state index is 13.3. The number of ketones is 1. The zero-order valence-corrected chi connectivity index (χ0v) is 9.25. The predicted octanol–water partition coefficient (Wildman–Crippen LogP) is 2.60. The highest BCUT2D eigenvalue weighted by molar-refractivity contribution is 5.99. The molecular formula is C12H13FO3. The van der Waals surface area contributed by atoms with Crippen LogP contribution in [-0.2, 0) is 4.74 Å². The molecule has 0 saturated heterocycles. The second-order valence-electron chi connectivity index (χ2n) is 3.19. The Morgan fingerprint density at radius 3 is 2.56 bits per heavy atom. The van der Waals surface area contributed by atoms with Crippen LogP contribution in [0.2, 0.25) is 0 Å². The van der Waals surface area contributed by atoms with E-state index in [2.05, 4.69) is 0 Å². The van der Waals surface area contributed by atoms with Crippen molar-refractivity contribution in [1.29, 1.82) is 0 Å². The standard InChI is InChI=1S/C12H13FO3/c1-3-11(14)9-7-8(5-6-10(9)13)12(15)16-4-2/h5-7H,3-4H2,1-2H3. The average molecular weight is 224 g/mol. The maximum absolute atomic E-state index is 13.3. The fraction of sp³-hybridized carbons (Fsp3) is 0.333. The molecule has 0 saturated carbocycles. The molecule has 0 unspecified atom stereocenters. The third-order valence-corrected chi connectivity index (χ3v) is 2.10. The van der Waals surface area contributed by atoms with Crippen LogP contribution in [0.25, 0.3) is 0 Å². The molecule has 1 rings (SSSR count). The van der Waals surface area contributed by atoms with Crippen molar-refractivity contribution in [2.24, 2.45) is 0 Å². The number of carbonyl (C=O) groups is 2. The lowest BCUT2D eigenvalue weighted by molar-refractivity contribution is 0.0526. The van der Waals surface area contributed by atoms with E-state index in [9.17, 15) is 14.0 Å². The van der Waals surface area contributed by atoms with Crippen LogP contribution in [0.4, 0.5) is 4.39 Å². The molecule has 0 atom stereocenters. The fourth-order valence-corrected chi connectivity index (χ4v) is 1.27. The number of halogens is 1. The smallest absolute Gasteiger partial charge is 0.338 e. The highest BCUT2D eigenvalue weighted by Crippen LogP contribution is 2.13. The van der Waals surface area contributed by atoms with Crippen molar-refractivity contribution >= 4 is 11.8 Å². The van der Waals surface area contributed by atoms with E-state index >= 15 is 0 Å². The van der Waals surface area contributed by atoms with Gasteiger partial charge in [-0.3, -0.25) is 4.79 Å². The van der Waals surface area contributed by atoms with Crippen molar-refractivity contribution in [2.45, 2.75) is 20.3 Å². The Morgan fingerprint density at radius 2 is 2.00 bits per heavy atom. The van der Waals surface area contributed by atoms with Crippen LogP contribution in [0.5, 0.6) is 0 Å². The van der Waals surface area contributed by atoms with E-state index in [1.54, 1.807) is 13.8 Å². The second-order valence-corrected chi connectivity index (χ2v) is 3.19. The maximum Gasteiger partial charge on any atom is 0.338 e. The molecule has 0 radical (unpaired) electrons. The number of carbonyl (C=O) groups excluding carboxylic acids is 2. The molecule has 0 aromatic heterocycles. The summed E-state index contributed by atoms with van der Waals surface area (Å²) in [6.07, 6.45) is 0.198. The monoisotopic (exact) mass is 224 g/mol. The topological polar surface area (TPSA) is 43.4 Å². The molecule has 0 bridgehead atoms. The van der Waals surface area contributed by atoms with Crippen molar-refractivity contribution in [3.8, 4) is 0 Å². The summed E-state index contributed by atoms with van der Waals surface area (Å²) >= 11 is 0. The Morgan fingerprint density at radius 1 is 1.31 bits per heavy atom. The van der Waals surface area contributed by atoms with Gasteiger partial charge in [0, 0.05) is 6.42 Å². The summed E-state index contributed by atoms with van der Waals surface area (Å²) < 4.78 is 18.0. The summed E-state index contributed by atoms with van der Waals surface area (Å²) in [6, 6.07) is 3.65. The first-order valence-corrected chi connectivity index (χ1v) is 5.10. The van der Waals surface area contributed by atoms with Gasteiger partial charge in [-0.05, 0) is 25.1 Å². The van der Waals surface area contributed by atoms with Crippen molar-refractivity contribution in [3.63, 3.8) is 0 Å². The molecule has 3 nitrogen and oxygen atoms in total. The molecule has 4 heteroatoms. The van der Waals surface area contributed by atoms with E-state index in [1.165, 1.54) is 12.1 Å². The summed E-state index contributed by atoms with van der Waals surface area (Å²) in [5.41, 5.74) is 0.133. The Kier molecular flexibility index (Phi) is 4.17. The number of ether oxygens (including phenoxy) is 1. The van der Waals surface area contributed by atoms with Gasteiger partial charge >= 0.3 is 5.97 Å². The van der Waals surface area contributed by atoms with Crippen LogP contribution < -0.4 is 0 Å². The lowest BCUT2D eigenvalue weighted by Crippen LogP contribution is -2.08. The summed E-state index contributed by atoms with van der Waals surface area (Å²) in [4.78, 5) is 22.7. The van der Waals surface area contributed by atoms with E-state index in [0.29, 0.717) is 0 Å². The molecule has 1 aromatic rings. The third-order valence-electron chi connectivity index (χ3n) is 2.10. The molecule has 16 heavy (non-hydrogen) atoms. The number of Topliss-reactive ketones (excluding diaryl/α,β-unsaturated/α-hetero) is 1. The normalized spacial score (nSPS) is 9.94. The van der Waals surface area contributed by atoms with Crippen LogP contribution in [0.1, 0.15) is 41.0 Å². The molecule has 0 N–H and O–H groups in total. The van der Waals surface area contributed by atoms with Crippen molar-refractivity contribution in [3.05, 3.63) is 35.1 Å². The van der Waals surface area contributed by atoms with Crippen molar-refractivity contribution < 1.29 is 18.7 Å². The minimum atomic E-state index is -0.611. The molecular weight excluding hydrogens is 211 g/mol. The fourth-order valence-electron chi connectivity index (χ4n) is 1.27. The van der Waals surface area contributed by atoms with Gasteiger partial charge in [0.05, 0.1) is 17.7 Å². The molecule has 0 amide bonds. The number of benzene rings is 1. The highest BCUT2D eigenvalue weighted by atomic mass is 19.1. The van der Waals surface area contributed by atoms with Gasteiger partial charge in [-0.15, -0.1) is 0 Å². The lowest BCUT2D eigenvalue weighted by Gasteiger charge is -2.04. The molecule has 86 valence electrons. The number of rotatable bonds is 4. The second kappa shape index (κ2) is 5.39. The Balaban J connectivity index is 3.07. The molecule has 0 aliphatic heterocycles. The third kappa shape index (κ3) is 2.66. The van der Waals surface area contributed by atoms with E-state index in [4.69, 9.17) is 4.74 Å². The minimum Gasteiger partial charge on any atom is -0.462 e. The quantitative estimate of drug-likeness (QED) is 0.583. The van der Waals surface area contributed by atoms with Crippen molar-refractivity contribution in [2.75, 3.05) is 6.61 Å². The predicted molar refractivity (Wildman–Crippen MR) is 57.0 cm³/mol. The lowest BCUT2D eigenvalue weighted by atomic mass is 10.1. The van der Waals surface area contributed by atoms with Gasteiger partial charge in [-0.25, -0.2) is 9.18 Å². The summed E-state index contributed by atoms with van der Waals surface area (Å²) in [6.45, 7) is 3.56. The average Bonchev–Trinajstić information content (AvgIpc) is 2.29. The first-order valence-electron chi connectivity index (χ1n) is 5.10. The summed E-state index contributed by atoms with van der Waals surface area (Å²) in [7, 11) is 0. The Labute approximate surface area is 93.2 Å². The summed E-state index contributed by atoms with van der Waals surface area (Å²) in [5, 5.41) is 0. The van der Waals surface area contributed by atoms with Gasteiger partial charge in [0.15, 0.2) is 5.78 Å². The first-order chi connectivity index (χ1) is 7.60. The number of esters is 1. The van der Waals surface area contributed by atoms with Gasteiger partial charge in [0.1, 0.15) is 5.82 Å². The van der Waals surface area contributed by atoms with Crippen LogP contribution in [-0.4, -0.2) is 18.4 Å². The van der Waals surface area contributed by atoms with Gasteiger partial charge in [0.2, 0.25) is 0 Å². The van der Waals surface area contributed by atoms with E-state index in [0.717, 1.165) is 6.07 Å².